The summed E-state index contributed by atoms with van der Waals surface area (Å²) >= 11 is 0. The molecule has 0 radical (unpaired) electrons. The summed E-state index contributed by atoms with van der Waals surface area (Å²) in [6.45, 7) is 7.94. The zero-order valence-corrected chi connectivity index (χ0v) is 14.8. The summed E-state index contributed by atoms with van der Waals surface area (Å²) in [6.07, 6.45) is 16.8. The molecular weight excluding hydrogens is 258 g/mol. The van der Waals surface area contributed by atoms with Gasteiger partial charge in [0.05, 0.1) is 12.2 Å². The van der Waals surface area contributed by atoms with Gasteiger partial charge in [-0.15, -0.1) is 0 Å². The zero-order valence-electron chi connectivity index (χ0n) is 14.8. The molecule has 0 aromatic carbocycles. The summed E-state index contributed by atoms with van der Waals surface area (Å²) < 4.78 is 6.45. The molecule has 0 aromatic rings. The molecule has 3 unspecified atom stereocenters. The number of unbranched alkanes of at least 4 members (excludes halogenated alkanes) is 3. The van der Waals surface area contributed by atoms with E-state index in [0.29, 0.717) is 18.2 Å². The Morgan fingerprint density at radius 3 is 2.43 bits per heavy atom. The quantitative estimate of drug-likeness (QED) is 0.541. The van der Waals surface area contributed by atoms with Crippen molar-refractivity contribution in [3.63, 3.8) is 0 Å². The molecule has 1 aliphatic rings. The van der Waals surface area contributed by atoms with Crippen LogP contribution in [-0.2, 0) is 4.74 Å². The van der Waals surface area contributed by atoms with Gasteiger partial charge in [-0.3, -0.25) is 0 Å². The summed E-state index contributed by atoms with van der Waals surface area (Å²) in [5.74, 6) is 0. The molecule has 2 nitrogen and oxygen atoms in total. The van der Waals surface area contributed by atoms with Crippen molar-refractivity contribution >= 4 is 0 Å². The van der Waals surface area contributed by atoms with Crippen molar-refractivity contribution < 1.29 is 4.74 Å². The lowest BCUT2D eigenvalue weighted by Crippen LogP contribution is -2.43. The normalized spacial score (nSPS) is 25.3. The summed E-state index contributed by atoms with van der Waals surface area (Å²) in [6, 6.07) is 0.586. The first-order valence-electron chi connectivity index (χ1n) is 9.66. The van der Waals surface area contributed by atoms with Crippen LogP contribution in [0.5, 0.6) is 0 Å². The van der Waals surface area contributed by atoms with Crippen LogP contribution in [0.4, 0.5) is 0 Å². The lowest BCUT2D eigenvalue weighted by Gasteiger charge is -2.32. The molecule has 0 aliphatic heterocycles. The van der Waals surface area contributed by atoms with Gasteiger partial charge in [-0.1, -0.05) is 65.2 Å². The van der Waals surface area contributed by atoms with E-state index in [1.807, 2.05) is 0 Å². The fourth-order valence-corrected chi connectivity index (χ4v) is 3.40. The van der Waals surface area contributed by atoms with Gasteiger partial charge >= 0.3 is 0 Å². The van der Waals surface area contributed by atoms with Gasteiger partial charge in [0.25, 0.3) is 0 Å². The van der Waals surface area contributed by atoms with Crippen LogP contribution in [0.15, 0.2) is 0 Å². The van der Waals surface area contributed by atoms with E-state index in [-0.39, 0.29) is 0 Å². The first-order valence-corrected chi connectivity index (χ1v) is 9.66. The van der Waals surface area contributed by atoms with E-state index in [9.17, 15) is 0 Å². The second kappa shape index (κ2) is 12.5. The molecule has 1 fully saturated rings. The number of ether oxygens (including phenoxy) is 1. The van der Waals surface area contributed by atoms with Crippen molar-refractivity contribution in [2.24, 2.45) is 0 Å². The largest absolute Gasteiger partial charge is 0.374 e. The molecule has 2 heteroatoms. The highest BCUT2D eigenvalue weighted by Gasteiger charge is 2.24. The van der Waals surface area contributed by atoms with Crippen LogP contribution >= 0.6 is 0 Å². The smallest absolute Gasteiger partial charge is 0.0731 e. The third kappa shape index (κ3) is 8.83. The number of hydrogen-bond acceptors (Lipinski definition) is 2. The van der Waals surface area contributed by atoms with Crippen molar-refractivity contribution in [1.29, 1.82) is 0 Å². The van der Waals surface area contributed by atoms with Crippen LogP contribution < -0.4 is 5.32 Å². The summed E-state index contributed by atoms with van der Waals surface area (Å²) in [5, 5.41) is 3.75. The molecular formula is C19H39NO. The zero-order chi connectivity index (χ0) is 15.3. The average Bonchev–Trinajstić information content (AvgIpc) is 2.46. The number of hydrogen-bond donors (Lipinski definition) is 1. The van der Waals surface area contributed by atoms with Crippen molar-refractivity contribution in [2.75, 3.05) is 6.54 Å². The van der Waals surface area contributed by atoms with E-state index in [1.54, 1.807) is 0 Å². The van der Waals surface area contributed by atoms with Crippen LogP contribution in [0.1, 0.15) is 97.8 Å². The molecule has 0 amide bonds. The van der Waals surface area contributed by atoms with Crippen molar-refractivity contribution in [3.8, 4) is 0 Å². The molecule has 0 bridgehead atoms. The molecule has 1 aliphatic carbocycles. The molecule has 1 saturated carbocycles. The van der Waals surface area contributed by atoms with Crippen molar-refractivity contribution in [1.82, 2.24) is 5.32 Å². The maximum absolute atomic E-state index is 6.45. The van der Waals surface area contributed by atoms with E-state index in [4.69, 9.17) is 4.74 Å². The minimum absolute atomic E-state index is 0.428. The van der Waals surface area contributed by atoms with Gasteiger partial charge in [0, 0.05) is 6.04 Å². The van der Waals surface area contributed by atoms with E-state index < -0.39 is 0 Å². The second-order valence-corrected chi connectivity index (χ2v) is 6.89. The Labute approximate surface area is 133 Å². The summed E-state index contributed by atoms with van der Waals surface area (Å²) in [7, 11) is 0. The van der Waals surface area contributed by atoms with Gasteiger partial charge in [0.2, 0.25) is 0 Å². The van der Waals surface area contributed by atoms with E-state index in [1.165, 1.54) is 77.0 Å². The van der Waals surface area contributed by atoms with E-state index in [2.05, 4.69) is 26.1 Å². The third-order valence-electron chi connectivity index (χ3n) is 4.73. The maximum Gasteiger partial charge on any atom is 0.0731 e. The lowest BCUT2D eigenvalue weighted by atomic mass is 9.93. The lowest BCUT2D eigenvalue weighted by molar-refractivity contribution is -0.0362. The Kier molecular flexibility index (Phi) is 11.3. The monoisotopic (exact) mass is 297 g/mol. The van der Waals surface area contributed by atoms with Crippen molar-refractivity contribution in [3.05, 3.63) is 0 Å². The fraction of sp³-hybridized carbons (Fsp3) is 1.00. The van der Waals surface area contributed by atoms with Crippen molar-refractivity contribution in [2.45, 2.75) is 116 Å². The molecule has 0 aromatic heterocycles. The van der Waals surface area contributed by atoms with Crippen LogP contribution in [-0.4, -0.2) is 24.8 Å². The van der Waals surface area contributed by atoms with Gasteiger partial charge in [-0.2, -0.15) is 0 Å². The predicted molar refractivity (Wildman–Crippen MR) is 92.9 cm³/mol. The van der Waals surface area contributed by atoms with Crippen LogP contribution in [0.2, 0.25) is 0 Å². The SMILES string of the molecule is CCCCCCC(C)OC1CCCCCCC1NCCC. The van der Waals surface area contributed by atoms with E-state index in [0.717, 1.165) is 6.54 Å². The van der Waals surface area contributed by atoms with Crippen LogP contribution in [0.3, 0.4) is 0 Å². The molecule has 126 valence electrons. The highest BCUT2D eigenvalue weighted by molar-refractivity contribution is 4.80. The van der Waals surface area contributed by atoms with Gasteiger partial charge < -0.3 is 10.1 Å². The first kappa shape index (κ1) is 19.0. The second-order valence-electron chi connectivity index (χ2n) is 6.89. The minimum Gasteiger partial charge on any atom is -0.374 e. The summed E-state index contributed by atoms with van der Waals surface area (Å²) in [5.41, 5.74) is 0. The summed E-state index contributed by atoms with van der Waals surface area (Å²) in [4.78, 5) is 0. The molecule has 1 N–H and O–H groups in total. The Bertz CT molecular complexity index is 230. The maximum atomic E-state index is 6.45. The Balaban J connectivity index is 2.36. The number of nitrogens with one attached hydrogen (secondary N) is 1. The highest BCUT2D eigenvalue weighted by atomic mass is 16.5. The predicted octanol–water partition coefficient (Wildman–Crippen LogP) is 5.45. The Morgan fingerprint density at radius 1 is 0.952 bits per heavy atom. The van der Waals surface area contributed by atoms with Gasteiger partial charge in [0.1, 0.15) is 0 Å². The van der Waals surface area contributed by atoms with Crippen LogP contribution in [0, 0.1) is 0 Å². The average molecular weight is 298 g/mol. The Hall–Kier alpha value is -0.0800. The van der Waals surface area contributed by atoms with Gasteiger partial charge in [-0.05, 0) is 39.2 Å². The minimum atomic E-state index is 0.428. The van der Waals surface area contributed by atoms with Crippen LogP contribution in [0.25, 0.3) is 0 Å². The molecule has 0 spiro atoms. The standard InChI is InChI=1S/C19H39NO/c1-4-6-7-10-13-17(3)21-19-15-12-9-8-11-14-18(19)20-16-5-2/h17-20H,4-16H2,1-3H3. The first-order chi connectivity index (χ1) is 10.3. The topological polar surface area (TPSA) is 21.3 Å². The molecule has 21 heavy (non-hydrogen) atoms. The number of rotatable bonds is 10. The molecule has 0 saturated heterocycles. The third-order valence-corrected chi connectivity index (χ3v) is 4.73. The molecule has 1 rings (SSSR count). The molecule has 0 heterocycles. The van der Waals surface area contributed by atoms with E-state index >= 15 is 0 Å². The Morgan fingerprint density at radius 2 is 1.71 bits per heavy atom. The van der Waals surface area contributed by atoms with Gasteiger partial charge in [-0.25, -0.2) is 0 Å². The fourth-order valence-electron chi connectivity index (χ4n) is 3.40. The van der Waals surface area contributed by atoms with Gasteiger partial charge in [0.15, 0.2) is 0 Å². The molecule has 3 atom stereocenters. The highest BCUT2D eigenvalue weighted by Crippen LogP contribution is 2.22.